The van der Waals surface area contributed by atoms with Crippen LogP contribution in [0.2, 0.25) is 0 Å². The molecule has 1 saturated carbocycles. The minimum absolute atomic E-state index is 0.138. The normalized spacial score (nSPS) is 19.5. The highest BCUT2D eigenvalue weighted by Crippen LogP contribution is 2.50. The summed E-state index contributed by atoms with van der Waals surface area (Å²) in [6, 6.07) is 16.5. The van der Waals surface area contributed by atoms with Crippen molar-refractivity contribution in [2.24, 2.45) is 5.92 Å². The Morgan fingerprint density at radius 1 is 1.15 bits per heavy atom. The Morgan fingerprint density at radius 3 is 2.76 bits per heavy atom. The predicted molar refractivity (Wildman–Crippen MR) is 177 cm³/mol. The molecule has 3 aromatic carbocycles. The van der Waals surface area contributed by atoms with E-state index in [2.05, 4.69) is 27.0 Å². The molecule has 46 heavy (non-hydrogen) atoms. The number of nitrogens with zero attached hydrogens (tertiary/aromatic N) is 5. The number of hydrogen-bond acceptors (Lipinski definition) is 6. The van der Waals surface area contributed by atoms with Gasteiger partial charge in [-0.2, -0.15) is 5.26 Å². The first-order valence-electron chi connectivity index (χ1n) is 15.4. The van der Waals surface area contributed by atoms with Gasteiger partial charge in [0.25, 0.3) is 5.56 Å². The number of benzene rings is 3. The molecule has 4 atom stereocenters. The third-order valence-electron chi connectivity index (χ3n) is 9.89. The molecule has 5 heterocycles. The standard InChI is InChI=1S/C36H30F2N6OS/c1-19(43-12-11-40-18-30(43)45)29-16-27-35(44(29)34-22-14-28(34)41-17-22)26-13-21(6-4-10-39)31(32(38)33(26)42-36(27)46-2)24-7-3-5-20-8-9-23(37)15-25(20)24/h3,5,7-9,11-13,15-16,18-19,22,28,34,41H,4,6,14,17H2,1-2H3/t19-,22-,28-,34+/m1/s1. The van der Waals surface area contributed by atoms with Crippen molar-refractivity contribution < 1.29 is 8.78 Å². The molecule has 6 aromatic rings. The first kappa shape index (κ1) is 28.9. The van der Waals surface area contributed by atoms with E-state index in [0.717, 1.165) is 34.9 Å². The number of halogens is 2. The molecule has 0 radical (unpaired) electrons. The first-order chi connectivity index (χ1) is 22.4. The number of fused-ring (bicyclic) bond motifs is 5. The minimum Gasteiger partial charge on any atom is -0.337 e. The lowest BCUT2D eigenvalue weighted by molar-refractivity contribution is 0.219. The number of thioether (sulfide) groups is 1. The lowest BCUT2D eigenvalue weighted by atomic mass is 9.79. The topological polar surface area (TPSA) is 88.5 Å². The number of aromatic nitrogens is 4. The van der Waals surface area contributed by atoms with Gasteiger partial charge in [0.1, 0.15) is 16.4 Å². The number of hydrogen-bond donors (Lipinski definition) is 1. The van der Waals surface area contributed by atoms with Gasteiger partial charge in [0.2, 0.25) is 0 Å². The highest BCUT2D eigenvalue weighted by atomic mass is 32.2. The van der Waals surface area contributed by atoms with Crippen molar-refractivity contribution in [1.29, 1.82) is 5.26 Å². The van der Waals surface area contributed by atoms with E-state index in [9.17, 15) is 14.4 Å². The van der Waals surface area contributed by atoms with Crippen LogP contribution in [-0.4, -0.2) is 37.9 Å². The largest absolute Gasteiger partial charge is 0.337 e. The summed E-state index contributed by atoms with van der Waals surface area (Å²) >= 11 is 1.46. The zero-order valence-electron chi connectivity index (χ0n) is 25.3. The molecular weight excluding hydrogens is 603 g/mol. The molecule has 2 saturated heterocycles. The monoisotopic (exact) mass is 632 g/mol. The summed E-state index contributed by atoms with van der Waals surface area (Å²) in [5.74, 6) is -0.475. The molecule has 230 valence electrons. The summed E-state index contributed by atoms with van der Waals surface area (Å²) in [7, 11) is 0. The Bertz CT molecular complexity index is 2290. The summed E-state index contributed by atoms with van der Waals surface area (Å²) in [4.78, 5) is 21.9. The number of aryl methyl sites for hydroxylation is 1. The summed E-state index contributed by atoms with van der Waals surface area (Å²) < 4.78 is 35.8. The van der Waals surface area contributed by atoms with Gasteiger partial charge in [-0.3, -0.25) is 9.78 Å². The highest BCUT2D eigenvalue weighted by molar-refractivity contribution is 7.98. The number of nitrogens with one attached hydrogen (secondary N) is 1. The van der Waals surface area contributed by atoms with E-state index in [1.807, 2.05) is 37.4 Å². The van der Waals surface area contributed by atoms with Gasteiger partial charge in [-0.25, -0.2) is 13.8 Å². The van der Waals surface area contributed by atoms with E-state index in [4.69, 9.17) is 4.98 Å². The van der Waals surface area contributed by atoms with Gasteiger partial charge in [-0.15, -0.1) is 11.8 Å². The summed E-state index contributed by atoms with van der Waals surface area (Å²) in [6.07, 6.45) is 8.15. The van der Waals surface area contributed by atoms with Crippen molar-refractivity contribution in [3.63, 3.8) is 0 Å². The maximum atomic E-state index is 17.3. The third-order valence-corrected chi connectivity index (χ3v) is 10.6. The van der Waals surface area contributed by atoms with Crippen LogP contribution in [0.1, 0.15) is 43.1 Å². The molecule has 0 amide bonds. The lowest BCUT2D eigenvalue weighted by Crippen LogP contribution is -2.40. The highest BCUT2D eigenvalue weighted by Gasteiger charge is 2.49. The van der Waals surface area contributed by atoms with Crippen molar-refractivity contribution >= 4 is 44.3 Å². The van der Waals surface area contributed by atoms with Crippen LogP contribution >= 0.6 is 11.8 Å². The second-order valence-corrected chi connectivity index (χ2v) is 13.1. The Labute approximate surface area is 267 Å². The van der Waals surface area contributed by atoms with Crippen LogP contribution in [0.4, 0.5) is 8.78 Å². The molecule has 2 aliphatic heterocycles. The zero-order chi connectivity index (χ0) is 31.7. The van der Waals surface area contributed by atoms with Gasteiger partial charge in [0, 0.05) is 53.4 Å². The van der Waals surface area contributed by atoms with E-state index in [1.165, 1.54) is 30.1 Å². The summed E-state index contributed by atoms with van der Waals surface area (Å²) in [6.45, 7) is 2.91. The first-order valence-corrected chi connectivity index (χ1v) is 16.7. The Kier molecular flexibility index (Phi) is 6.92. The average Bonchev–Trinajstić information content (AvgIpc) is 3.80. The second kappa shape index (κ2) is 11.0. The van der Waals surface area contributed by atoms with E-state index in [-0.39, 0.29) is 35.6 Å². The molecule has 7 nitrogen and oxygen atoms in total. The van der Waals surface area contributed by atoms with Crippen molar-refractivity contribution in [2.45, 2.75) is 49.3 Å². The van der Waals surface area contributed by atoms with Gasteiger partial charge < -0.3 is 14.5 Å². The van der Waals surface area contributed by atoms with Gasteiger partial charge in [0.05, 0.1) is 29.9 Å². The molecular formula is C36H30F2N6OS. The predicted octanol–water partition coefficient (Wildman–Crippen LogP) is 7.16. The molecule has 3 aromatic heterocycles. The van der Waals surface area contributed by atoms with Crippen molar-refractivity contribution in [3.05, 3.63) is 100 Å². The molecule has 1 aliphatic carbocycles. The molecule has 0 unspecified atom stereocenters. The quantitative estimate of drug-likeness (QED) is 0.188. The van der Waals surface area contributed by atoms with E-state index in [0.29, 0.717) is 44.8 Å². The molecule has 3 aliphatic rings. The van der Waals surface area contributed by atoms with Gasteiger partial charge in [-0.05, 0) is 78.1 Å². The Hall–Kier alpha value is -4.59. The minimum atomic E-state index is -0.484. The van der Waals surface area contributed by atoms with E-state index < -0.39 is 11.6 Å². The van der Waals surface area contributed by atoms with Crippen LogP contribution in [0.3, 0.4) is 0 Å². The van der Waals surface area contributed by atoms with E-state index in [1.54, 1.807) is 23.0 Å². The Morgan fingerprint density at radius 2 is 2.02 bits per heavy atom. The van der Waals surface area contributed by atoms with Crippen LogP contribution in [0.15, 0.2) is 76.9 Å². The molecule has 0 spiro atoms. The fourth-order valence-corrected chi connectivity index (χ4v) is 8.28. The lowest BCUT2D eigenvalue weighted by Gasteiger charge is -2.38. The van der Waals surface area contributed by atoms with Crippen molar-refractivity contribution in [2.75, 3.05) is 12.8 Å². The van der Waals surface area contributed by atoms with Gasteiger partial charge >= 0.3 is 0 Å². The Balaban J connectivity index is 1.48. The van der Waals surface area contributed by atoms with E-state index >= 15 is 4.39 Å². The van der Waals surface area contributed by atoms with Crippen LogP contribution in [0.5, 0.6) is 0 Å². The average molecular weight is 633 g/mol. The number of nitriles is 1. The third kappa shape index (κ3) is 4.29. The fourth-order valence-electron chi connectivity index (χ4n) is 7.73. The van der Waals surface area contributed by atoms with Crippen LogP contribution in [-0.2, 0) is 6.42 Å². The molecule has 10 heteroatoms. The summed E-state index contributed by atoms with van der Waals surface area (Å²) in [5, 5.41) is 16.9. The fraction of sp³-hybridized carbons (Fsp3) is 0.278. The second-order valence-electron chi connectivity index (χ2n) is 12.3. The molecule has 9 rings (SSSR count). The molecule has 2 bridgehead atoms. The molecule has 1 N–H and O–H groups in total. The SMILES string of the molecule is CSc1nc2c(F)c(-c3cccc4ccc(F)cc34)c(CCC#N)cc2c2c1cc([C@@H](C)n1ccncc1=O)n2[C@H]1[C@H]2CN[C@@H]1C2. The van der Waals surface area contributed by atoms with Crippen LogP contribution in [0, 0.1) is 28.9 Å². The maximum absolute atomic E-state index is 17.3. The molecule has 3 fully saturated rings. The zero-order valence-corrected chi connectivity index (χ0v) is 26.1. The number of rotatable bonds is 7. The van der Waals surface area contributed by atoms with Crippen LogP contribution in [0.25, 0.3) is 43.7 Å². The smallest absolute Gasteiger partial charge is 0.269 e. The van der Waals surface area contributed by atoms with Gasteiger partial charge in [0.15, 0.2) is 5.82 Å². The van der Waals surface area contributed by atoms with Gasteiger partial charge in [-0.1, -0.05) is 24.3 Å². The van der Waals surface area contributed by atoms with Crippen LogP contribution < -0.4 is 10.9 Å². The summed E-state index contributed by atoms with van der Waals surface area (Å²) in [5.41, 5.74) is 3.46. The number of pyridine rings is 1. The van der Waals surface area contributed by atoms with Crippen molar-refractivity contribution in [3.8, 4) is 17.2 Å². The van der Waals surface area contributed by atoms with Crippen molar-refractivity contribution in [1.82, 2.24) is 24.4 Å². The maximum Gasteiger partial charge on any atom is 0.269 e.